The van der Waals surface area contributed by atoms with Gasteiger partial charge in [0.1, 0.15) is 0 Å². The molecule has 4 nitrogen and oxygen atoms in total. The Labute approximate surface area is 89.8 Å². The van der Waals surface area contributed by atoms with Gasteiger partial charge in [-0.1, -0.05) is 23.2 Å². The van der Waals surface area contributed by atoms with Crippen LogP contribution >= 0.6 is 23.2 Å². The first-order valence-corrected chi connectivity index (χ1v) is 4.61. The first kappa shape index (κ1) is 11.1. The van der Waals surface area contributed by atoms with Crippen LogP contribution in [0, 0.1) is 6.92 Å². The minimum Gasteiger partial charge on any atom is -0.295 e. The van der Waals surface area contributed by atoms with Gasteiger partial charge in [-0.3, -0.25) is 14.3 Å². The van der Waals surface area contributed by atoms with Crippen molar-refractivity contribution in [3.63, 3.8) is 0 Å². The fourth-order valence-electron chi connectivity index (χ4n) is 0.933. The molecule has 6 heteroatoms. The molecule has 0 amide bonds. The van der Waals surface area contributed by atoms with Crippen molar-refractivity contribution >= 4 is 23.2 Å². The number of nitrogens with one attached hydrogen (secondary N) is 1. The Morgan fingerprint density at radius 3 is 2.86 bits per heavy atom. The standard InChI is InChI=1S/C8H8Cl2N2O2/c1-5-3-12(4-6(10)2-9)8(14)11-7(5)13/h2-3H,4H2,1H3,(H,11,13,14). The van der Waals surface area contributed by atoms with Crippen molar-refractivity contribution in [1.29, 1.82) is 0 Å². The summed E-state index contributed by atoms with van der Waals surface area (Å²) in [5, 5.41) is 0.320. The number of halogens is 2. The van der Waals surface area contributed by atoms with Crippen LogP contribution in [0.25, 0.3) is 0 Å². The summed E-state index contributed by atoms with van der Waals surface area (Å²) in [4.78, 5) is 24.4. The third-order valence-electron chi connectivity index (χ3n) is 1.63. The van der Waals surface area contributed by atoms with Crippen LogP contribution in [0.1, 0.15) is 5.56 Å². The Hall–Kier alpha value is -1.00. The fraction of sp³-hybridized carbons (Fsp3) is 0.250. The largest absolute Gasteiger partial charge is 0.328 e. The molecule has 76 valence electrons. The van der Waals surface area contributed by atoms with Crippen LogP contribution < -0.4 is 11.2 Å². The Balaban J connectivity index is 3.17. The molecule has 0 aromatic carbocycles. The quantitative estimate of drug-likeness (QED) is 0.836. The summed E-state index contributed by atoms with van der Waals surface area (Å²) in [6.45, 7) is 1.76. The van der Waals surface area contributed by atoms with E-state index in [0.29, 0.717) is 10.6 Å². The molecule has 1 heterocycles. The maximum Gasteiger partial charge on any atom is 0.328 e. The molecule has 0 saturated heterocycles. The maximum atomic E-state index is 11.2. The third-order valence-corrected chi connectivity index (χ3v) is 2.23. The molecule has 1 aromatic heterocycles. The molecule has 0 saturated carbocycles. The number of aromatic amines is 1. The molecule has 0 aliphatic heterocycles. The van der Waals surface area contributed by atoms with E-state index in [2.05, 4.69) is 4.98 Å². The number of hydrogen-bond acceptors (Lipinski definition) is 2. The van der Waals surface area contributed by atoms with Crippen molar-refractivity contribution in [2.45, 2.75) is 13.5 Å². The second-order valence-electron chi connectivity index (χ2n) is 2.76. The van der Waals surface area contributed by atoms with E-state index in [-0.39, 0.29) is 6.54 Å². The van der Waals surface area contributed by atoms with Crippen molar-refractivity contribution in [2.75, 3.05) is 0 Å². The second kappa shape index (κ2) is 4.48. The lowest BCUT2D eigenvalue weighted by Crippen LogP contribution is -2.30. The van der Waals surface area contributed by atoms with Crippen LogP contribution in [0.4, 0.5) is 0 Å². The third kappa shape index (κ3) is 2.49. The predicted octanol–water partition coefficient (Wildman–Crippen LogP) is 1.16. The van der Waals surface area contributed by atoms with E-state index < -0.39 is 11.2 Å². The van der Waals surface area contributed by atoms with Crippen LogP contribution in [0.5, 0.6) is 0 Å². The molecule has 0 radical (unpaired) electrons. The minimum absolute atomic E-state index is 0.154. The summed E-state index contributed by atoms with van der Waals surface area (Å²) >= 11 is 11.0. The average molecular weight is 235 g/mol. The normalized spacial score (nSPS) is 11.8. The highest BCUT2D eigenvalue weighted by Gasteiger charge is 2.01. The summed E-state index contributed by atoms with van der Waals surface area (Å²) < 4.78 is 1.28. The van der Waals surface area contributed by atoms with Gasteiger partial charge in [0.15, 0.2) is 0 Å². The van der Waals surface area contributed by atoms with Gasteiger partial charge in [-0.25, -0.2) is 4.79 Å². The number of H-pyrrole nitrogens is 1. The van der Waals surface area contributed by atoms with Gasteiger partial charge < -0.3 is 0 Å². The van der Waals surface area contributed by atoms with Crippen LogP contribution in [0.2, 0.25) is 0 Å². The lowest BCUT2D eigenvalue weighted by Gasteiger charge is -2.03. The Bertz CT molecular complexity index is 473. The molecule has 1 aromatic rings. The van der Waals surface area contributed by atoms with Crippen molar-refractivity contribution in [1.82, 2.24) is 9.55 Å². The van der Waals surface area contributed by atoms with E-state index in [4.69, 9.17) is 23.2 Å². The predicted molar refractivity (Wildman–Crippen MR) is 55.8 cm³/mol. The van der Waals surface area contributed by atoms with Gasteiger partial charge in [0, 0.05) is 22.3 Å². The highest BCUT2D eigenvalue weighted by atomic mass is 35.5. The molecule has 0 aliphatic rings. The molecule has 0 fully saturated rings. The van der Waals surface area contributed by atoms with Crippen LogP contribution in [-0.2, 0) is 6.54 Å². The van der Waals surface area contributed by atoms with Crippen molar-refractivity contribution < 1.29 is 0 Å². The summed E-state index contributed by atoms with van der Waals surface area (Å²) in [5.41, 5.74) is 0.729. The SMILES string of the molecule is Cc1cn(CC(Cl)=CCl)c(=O)[nH]c1=O. The lowest BCUT2D eigenvalue weighted by atomic mass is 10.4. The van der Waals surface area contributed by atoms with Gasteiger partial charge in [0.2, 0.25) is 0 Å². The van der Waals surface area contributed by atoms with Gasteiger partial charge in [0.25, 0.3) is 5.56 Å². The molecule has 0 spiro atoms. The molecular formula is C8H8Cl2N2O2. The van der Waals surface area contributed by atoms with Gasteiger partial charge in [-0.2, -0.15) is 0 Å². The van der Waals surface area contributed by atoms with Crippen molar-refractivity contribution in [3.8, 4) is 0 Å². The zero-order valence-corrected chi connectivity index (χ0v) is 8.89. The topological polar surface area (TPSA) is 54.9 Å². The first-order chi connectivity index (χ1) is 6.54. The molecule has 0 bridgehead atoms. The summed E-state index contributed by atoms with van der Waals surface area (Å²) in [5.74, 6) is 0. The molecule has 14 heavy (non-hydrogen) atoms. The van der Waals surface area contributed by atoms with Gasteiger partial charge in [0.05, 0.1) is 6.54 Å². The maximum absolute atomic E-state index is 11.2. The minimum atomic E-state index is -0.503. The van der Waals surface area contributed by atoms with E-state index in [1.54, 1.807) is 6.92 Å². The van der Waals surface area contributed by atoms with E-state index in [1.807, 2.05) is 0 Å². The second-order valence-corrected chi connectivity index (χ2v) is 3.46. The van der Waals surface area contributed by atoms with E-state index >= 15 is 0 Å². The zero-order chi connectivity index (χ0) is 10.7. The van der Waals surface area contributed by atoms with E-state index in [9.17, 15) is 9.59 Å². The molecule has 1 N–H and O–H groups in total. The number of nitrogens with zero attached hydrogens (tertiary/aromatic N) is 1. The van der Waals surface area contributed by atoms with E-state index in [0.717, 1.165) is 0 Å². The Kier molecular flexibility index (Phi) is 3.55. The number of aromatic nitrogens is 2. The van der Waals surface area contributed by atoms with Crippen molar-refractivity contribution in [3.05, 3.63) is 43.2 Å². The number of aryl methyl sites for hydroxylation is 1. The first-order valence-electron chi connectivity index (χ1n) is 3.79. The summed E-state index contributed by atoms with van der Waals surface area (Å²) in [6.07, 6.45) is 1.43. The highest BCUT2D eigenvalue weighted by Crippen LogP contribution is 2.04. The number of allylic oxidation sites excluding steroid dienone is 1. The van der Waals surface area contributed by atoms with Crippen LogP contribution in [-0.4, -0.2) is 9.55 Å². The number of rotatable bonds is 2. The van der Waals surface area contributed by atoms with Crippen molar-refractivity contribution in [2.24, 2.45) is 0 Å². The fourth-order valence-corrected chi connectivity index (χ4v) is 1.13. The van der Waals surface area contributed by atoms with Crippen LogP contribution in [0.3, 0.4) is 0 Å². The summed E-state index contributed by atoms with van der Waals surface area (Å²) in [7, 11) is 0. The lowest BCUT2D eigenvalue weighted by molar-refractivity contribution is 0.722. The van der Waals surface area contributed by atoms with Gasteiger partial charge >= 0.3 is 5.69 Å². The molecule has 0 unspecified atom stereocenters. The van der Waals surface area contributed by atoms with Crippen LogP contribution in [0.15, 0.2) is 26.4 Å². The molecule has 1 rings (SSSR count). The Morgan fingerprint density at radius 2 is 2.29 bits per heavy atom. The zero-order valence-electron chi connectivity index (χ0n) is 7.38. The van der Waals surface area contributed by atoms with E-state index in [1.165, 1.54) is 16.3 Å². The van der Waals surface area contributed by atoms with Gasteiger partial charge in [-0.15, -0.1) is 0 Å². The average Bonchev–Trinajstić information content (AvgIpc) is 2.14. The summed E-state index contributed by atoms with van der Waals surface area (Å²) in [6, 6.07) is 0. The smallest absolute Gasteiger partial charge is 0.295 e. The molecule has 0 atom stereocenters. The Morgan fingerprint density at radius 1 is 1.64 bits per heavy atom. The molecular weight excluding hydrogens is 227 g/mol. The molecule has 0 aliphatic carbocycles. The van der Waals surface area contributed by atoms with Gasteiger partial charge in [-0.05, 0) is 6.92 Å². The monoisotopic (exact) mass is 234 g/mol. The number of hydrogen-bond donors (Lipinski definition) is 1. The highest BCUT2D eigenvalue weighted by molar-refractivity contribution is 6.36.